The molecule has 4 heterocycles. The minimum atomic E-state index is -0.285. The van der Waals surface area contributed by atoms with E-state index >= 15 is 0 Å². The van der Waals surface area contributed by atoms with Gasteiger partial charge in [-0.15, -0.1) is 0 Å². The predicted octanol–water partition coefficient (Wildman–Crippen LogP) is 1.39. The molecule has 2 aliphatic heterocycles. The molecule has 9 nitrogen and oxygen atoms in total. The number of rotatable bonds is 8. The van der Waals surface area contributed by atoms with Crippen LogP contribution in [0.4, 0.5) is 0 Å². The molecule has 4 rings (SSSR count). The van der Waals surface area contributed by atoms with E-state index in [1.165, 1.54) is 6.33 Å². The average Bonchev–Trinajstić information content (AvgIpc) is 3.29. The Hall–Kier alpha value is -2.91. The first kappa shape index (κ1) is 22.3. The molecular formula is C23H29N5O4. The Balaban J connectivity index is 1.43. The van der Waals surface area contributed by atoms with Crippen molar-refractivity contribution in [3.63, 3.8) is 0 Å². The minimum Gasteiger partial charge on any atom is -0.473 e. The molecule has 0 aromatic carbocycles. The van der Waals surface area contributed by atoms with Crippen molar-refractivity contribution in [3.05, 3.63) is 43.0 Å². The fourth-order valence-corrected chi connectivity index (χ4v) is 4.74. The molecule has 0 aliphatic carbocycles. The van der Waals surface area contributed by atoms with Crippen molar-refractivity contribution in [1.82, 2.24) is 24.8 Å². The van der Waals surface area contributed by atoms with Gasteiger partial charge in [-0.3, -0.25) is 19.4 Å². The summed E-state index contributed by atoms with van der Waals surface area (Å²) < 4.78 is 12.1. The van der Waals surface area contributed by atoms with Gasteiger partial charge in [-0.1, -0.05) is 6.07 Å². The summed E-state index contributed by atoms with van der Waals surface area (Å²) in [5.74, 6) is 1.21. The molecule has 9 heteroatoms. The zero-order valence-electron chi connectivity index (χ0n) is 18.6. The molecule has 2 aliphatic rings. The van der Waals surface area contributed by atoms with E-state index in [0.29, 0.717) is 37.6 Å². The maximum Gasteiger partial charge on any atom is 0.216 e. The molecule has 32 heavy (non-hydrogen) atoms. The van der Waals surface area contributed by atoms with Crippen LogP contribution in [0.25, 0.3) is 0 Å². The first-order valence-corrected chi connectivity index (χ1v) is 10.9. The molecule has 5 atom stereocenters. The van der Waals surface area contributed by atoms with Crippen molar-refractivity contribution < 1.29 is 19.1 Å². The van der Waals surface area contributed by atoms with E-state index in [0.717, 1.165) is 0 Å². The number of ketones is 2. The third-order valence-corrected chi connectivity index (χ3v) is 6.41. The Bertz CT molecular complexity index is 928. The number of hydrogen-bond acceptors (Lipinski definition) is 9. The first-order valence-electron chi connectivity index (χ1n) is 10.9. The van der Waals surface area contributed by atoms with Gasteiger partial charge in [0.25, 0.3) is 0 Å². The zero-order valence-corrected chi connectivity index (χ0v) is 18.6. The lowest BCUT2D eigenvalue weighted by Crippen LogP contribution is -2.44. The quantitative estimate of drug-likeness (QED) is 0.604. The Morgan fingerprint density at radius 1 is 1.03 bits per heavy atom. The fourth-order valence-electron chi connectivity index (χ4n) is 4.74. The van der Waals surface area contributed by atoms with Crippen molar-refractivity contribution >= 4 is 11.6 Å². The number of carbonyl (C=O) groups is 2. The zero-order chi connectivity index (χ0) is 22.7. The van der Waals surface area contributed by atoms with Crippen LogP contribution in [0, 0.1) is 0 Å². The van der Waals surface area contributed by atoms with Crippen molar-refractivity contribution in [3.8, 4) is 11.8 Å². The van der Waals surface area contributed by atoms with Crippen molar-refractivity contribution in [2.24, 2.45) is 0 Å². The van der Waals surface area contributed by atoms with Gasteiger partial charge in [0, 0.05) is 50.3 Å². The van der Waals surface area contributed by atoms with Crippen LogP contribution < -0.4 is 9.47 Å². The first-order chi connectivity index (χ1) is 15.4. The van der Waals surface area contributed by atoms with Crippen LogP contribution in [-0.4, -0.2) is 87.3 Å². The molecule has 0 N–H and O–H groups in total. The summed E-state index contributed by atoms with van der Waals surface area (Å²) in [6.07, 6.45) is 5.78. The normalized spacial score (nSPS) is 28.5. The van der Waals surface area contributed by atoms with E-state index in [2.05, 4.69) is 15.0 Å². The summed E-state index contributed by atoms with van der Waals surface area (Å²) in [7, 11) is 3.83. The van der Waals surface area contributed by atoms with Gasteiger partial charge in [0.15, 0.2) is 5.78 Å². The number of carbonyl (C=O) groups excluding carboxylic acids is 2. The molecule has 0 radical (unpaired) electrons. The second-order valence-electron chi connectivity index (χ2n) is 8.57. The summed E-state index contributed by atoms with van der Waals surface area (Å²) >= 11 is 0. The number of aromatic nitrogens is 3. The van der Waals surface area contributed by atoms with Gasteiger partial charge in [-0.2, -0.15) is 0 Å². The molecule has 2 saturated heterocycles. The van der Waals surface area contributed by atoms with E-state index in [1.807, 2.05) is 36.0 Å². The van der Waals surface area contributed by atoms with Crippen LogP contribution in [-0.2, 0) is 9.59 Å². The molecule has 2 aromatic heterocycles. The molecular weight excluding hydrogens is 410 g/mol. The number of Topliss-reactive ketones (excluding diaryl/α,β-unsaturated/α-hetero) is 2. The molecule has 2 fully saturated rings. The van der Waals surface area contributed by atoms with Gasteiger partial charge in [0.2, 0.25) is 11.8 Å². The fraction of sp³-hybridized carbons (Fsp3) is 0.522. The standard InChI is InChI=1S/C23H29N5O4/c1-15(29)17-12-21(32-22-6-4-5-8-25-22)19(28(17)3)11-20(30)18-10-16(13-27(18)2)31-23-7-9-24-14-26-23/h4-9,14,16-19,21H,10-13H2,1-3H3. The van der Waals surface area contributed by atoms with Gasteiger partial charge >= 0.3 is 0 Å². The highest BCUT2D eigenvalue weighted by molar-refractivity contribution is 5.86. The van der Waals surface area contributed by atoms with E-state index in [-0.39, 0.29) is 41.9 Å². The average molecular weight is 440 g/mol. The monoisotopic (exact) mass is 439 g/mol. The Kier molecular flexibility index (Phi) is 6.76. The van der Waals surface area contributed by atoms with E-state index in [1.54, 1.807) is 31.5 Å². The molecule has 170 valence electrons. The SMILES string of the molecule is CC(=O)C1CC(Oc2ccccn2)C(CC(=O)C2CC(Oc3ccncn3)CN2C)N1C. The predicted molar refractivity (Wildman–Crippen MR) is 116 cm³/mol. The van der Waals surface area contributed by atoms with Gasteiger partial charge in [0.1, 0.15) is 24.3 Å². The van der Waals surface area contributed by atoms with Gasteiger partial charge in [-0.25, -0.2) is 15.0 Å². The molecule has 0 amide bonds. The highest BCUT2D eigenvalue weighted by Gasteiger charge is 2.45. The highest BCUT2D eigenvalue weighted by Crippen LogP contribution is 2.31. The van der Waals surface area contributed by atoms with Crippen molar-refractivity contribution in [1.29, 1.82) is 0 Å². The van der Waals surface area contributed by atoms with Crippen LogP contribution in [0.5, 0.6) is 11.8 Å². The lowest BCUT2D eigenvalue weighted by Gasteiger charge is -2.28. The van der Waals surface area contributed by atoms with Crippen LogP contribution in [0.1, 0.15) is 26.2 Å². The van der Waals surface area contributed by atoms with Gasteiger partial charge < -0.3 is 9.47 Å². The molecule has 0 bridgehead atoms. The highest BCUT2D eigenvalue weighted by atomic mass is 16.5. The molecule has 5 unspecified atom stereocenters. The third kappa shape index (κ3) is 4.94. The minimum absolute atomic E-state index is 0.0772. The summed E-state index contributed by atoms with van der Waals surface area (Å²) in [6, 6.07) is 6.47. The van der Waals surface area contributed by atoms with E-state index in [4.69, 9.17) is 9.47 Å². The van der Waals surface area contributed by atoms with Crippen molar-refractivity contribution in [2.45, 2.75) is 56.5 Å². The second kappa shape index (κ2) is 9.70. The second-order valence-corrected chi connectivity index (χ2v) is 8.57. The smallest absolute Gasteiger partial charge is 0.216 e. The number of hydrogen-bond donors (Lipinski definition) is 0. The summed E-state index contributed by atoms with van der Waals surface area (Å²) in [5.41, 5.74) is 0. The maximum atomic E-state index is 13.3. The van der Waals surface area contributed by atoms with E-state index in [9.17, 15) is 9.59 Å². The number of nitrogens with zero attached hydrogens (tertiary/aromatic N) is 5. The number of likely N-dealkylation sites (tertiary alicyclic amines) is 2. The molecule has 0 saturated carbocycles. The number of likely N-dealkylation sites (N-methyl/N-ethyl adjacent to an activating group) is 2. The van der Waals surface area contributed by atoms with Crippen LogP contribution in [0.3, 0.4) is 0 Å². The molecule has 2 aromatic rings. The summed E-state index contributed by atoms with van der Waals surface area (Å²) in [5, 5.41) is 0. The van der Waals surface area contributed by atoms with Crippen LogP contribution in [0.15, 0.2) is 43.0 Å². The third-order valence-electron chi connectivity index (χ3n) is 6.41. The Morgan fingerprint density at radius 2 is 1.84 bits per heavy atom. The lowest BCUT2D eigenvalue weighted by atomic mass is 9.99. The Morgan fingerprint density at radius 3 is 2.53 bits per heavy atom. The lowest BCUT2D eigenvalue weighted by molar-refractivity contribution is -0.126. The summed E-state index contributed by atoms with van der Waals surface area (Å²) in [6.45, 7) is 2.23. The van der Waals surface area contributed by atoms with Gasteiger partial charge in [-0.05, 0) is 27.1 Å². The number of ether oxygens (including phenoxy) is 2. The largest absolute Gasteiger partial charge is 0.473 e. The van der Waals surface area contributed by atoms with Crippen LogP contribution in [0.2, 0.25) is 0 Å². The van der Waals surface area contributed by atoms with Gasteiger partial charge in [0.05, 0.1) is 18.1 Å². The van der Waals surface area contributed by atoms with E-state index < -0.39 is 0 Å². The topological polar surface area (TPSA) is 97.7 Å². The number of pyridine rings is 1. The van der Waals surface area contributed by atoms with Crippen molar-refractivity contribution in [2.75, 3.05) is 20.6 Å². The molecule has 0 spiro atoms. The Labute approximate surface area is 187 Å². The maximum absolute atomic E-state index is 13.3. The summed E-state index contributed by atoms with van der Waals surface area (Å²) in [4.78, 5) is 41.8. The van der Waals surface area contributed by atoms with Crippen LogP contribution >= 0.6 is 0 Å².